The lowest BCUT2D eigenvalue weighted by Crippen LogP contribution is -2.46. The fourth-order valence-corrected chi connectivity index (χ4v) is 5.26. The van der Waals surface area contributed by atoms with E-state index in [0.717, 1.165) is 19.5 Å². The van der Waals surface area contributed by atoms with Gasteiger partial charge in [-0.2, -0.15) is 4.31 Å². The van der Waals surface area contributed by atoms with E-state index in [1.54, 1.807) is 16.4 Å². The second-order valence-electron chi connectivity index (χ2n) is 6.15. The molecule has 1 aromatic heterocycles. The Hall–Kier alpha value is -1.21. The molecule has 0 aliphatic carbocycles. The zero-order chi connectivity index (χ0) is 16.0. The van der Waals surface area contributed by atoms with Gasteiger partial charge in [-0.1, -0.05) is 35.9 Å². The van der Waals surface area contributed by atoms with Crippen molar-refractivity contribution < 1.29 is 8.42 Å². The molecule has 2 aliphatic rings. The first-order chi connectivity index (χ1) is 11.1. The van der Waals surface area contributed by atoms with Gasteiger partial charge in [-0.25, -0.2) is 13.4 Å². The van der Waals surface area contributed by atoms with Gasteiger partial charge in [0.1, 0.15) is 10.0 Å². The van der Waals surface area contributed by atoms with E-state index in [2.05, 4.69) is 9.88 Å². The lowest BCUT2D eigenvalue weighted by Gasteiger charge is -2.36. The molecule has 0 unspecified atom stereocenters. The van der Waals surface area contributed by atoms with Crippen LogP contribution in [0.1, 0.15) is 12.8 Å². The summed E-state index contributed by atoms with van der Waals surface area (Å²) in [6.07, 6.45) is 3.50. The molecule has 0 N–H and O–H groups in total. The predicted molar refractivity (Wildman–Crippen MR) is 90.1 cm³/mol. The van der Waals surface area contributed by atoms with Gasteiger partial charge in [0, 0.05) is 36.1 Å². The second-order valence-corrected chi connectivity index (χ2v) is 8.42. The minimum atomic E-state index is -3.55. The van der Waals surface area contributed by atoms with Crippen LogP contribution in [0.25, 0.3) is 10.8 Å². The molecule has 5 nitrogen and oxygen atoms in total. The summed E-state index contributed by atoms with van der Waals surface area (Å²) in [7, 11) is -3.55. The third kappa shape index (κ3) is 2.54. The molecule has 0 radical (unpaired) electrons. The van der Waals surface area contributed by atoms with Crippen LogP contribution in [0.15, 0.2) is 35.4 Å². The summed E-state index contributed by atoms with van der Waals surface area (Å²) in [5.74, 6) is 0. The number of aromatic nitrogens is 1. The van der Waals surface area contributed by atoms with Crippen molar-refractivity contribution in [2.75, 3.05) is 26.2 Å². The van der Waals surface area contributed by atoms with Crippen molar-refractivity contribution >= 4 is 32.4 Å². The van der Waals surface area contributed by atoms with E-state index in [9.17, 15) is 8.42 Å². The van der Waals surface area contributed by atoms with Crippen molar-refractivity contribution in [3.8, 4) is 0 Å². The highest BCUT2D eigenvalue weighted by atomic mass is 35.5. The van der Waals surface area contributed by atoms with Crippen LogP contribution in [-0.2, 0) is 10.0 Å². The number of hydrogen-bond acceptors (Lipinski definition) is 4. The van der Waals surface area contributed by atoms with Crippen molar-refractivity contribution in [1.82, 2.24) is 14.2 Å². The van der Waals surface area contributed by atoms with E-state index < -0.39 is 10.0 Å². The molecular weight excluding hydrogens is 334 g/mol. The minimum Gasteiger partial charge on any atom is -0.299 e. The molecule has 2 aromatic rings. The first kappa shape index (κ1) is 15.3. The molecule has 3 heterocycles. The summed E-state index contributed by atoms with van der Waals surface area (Å²) in [6, 6.07) is 7.60. The number of sulfonamides is 1. The maximum Gasteiger partial charge on any atom is 0.245 e. The van der Waals surface area contributed by atoms with Gasteiger partial charge in [0.05, 0.1) is 0 Å². The molecule has 0 saturated carbocycles. The molecule has 2 aliphatic heterocycles. The van der Waals surface area contributed by atoms with Crippen LogP contribution < -0.4 is 0 Å². The third-order valence-electron chi connectivity index (χ3n) is 4.86. The third-order valence-corrected chi connectivity index (χ3v) is 7.05. The Kier molecular flexibility index (Phi) is 3.80. The Morgan fingerprint density at radius 2 is 1.87 bits per heavy atom. The number of hydrogen-bond donors (Lipinski definition) is 0. The highest BCUT2D eigenvalue weighted by Crippen LogP contribution is 2.31. The molecule has 4 rings (SSSR count). The molecule has 122 valence electrons. The zero-order valence-electron chi connectivity index (χ0n) is 12.7. The van der Waals surface area contributed by atoms with Gasteiger partial charge < -0.3 is 0 Å². The normalized spacial score (nSPS) is 23.3. The van der Waals surface area contributed by atoms with Gasteiger partial charge in [0.25, 0.3) is 0 Å². The zero-order valence-corrected chi connectivity index (χ0v) is 14.2. The first-order valence-electron chi connectivity index (χ1n) is 7.85. The maximum absolute atomic E-state index is 13.1. The Bertz CT molecular complexity index is 852. The number of fused-ring (bicyclic) bond motifs is 1. The van der Waals surface area contributed by atoms with E-state index >= 15 is 0 Å². The van der Waals surface area contributed by atoms with Crippen LogP contribution in [0.5, 0.6) is 0 Å². The highest BCUT2D eigenvalue weighted by molar-refractivity contribution is 7.89. The Labute approximate surface area is 140 Å². The summed E-state index contributed by atoms with van der Waals surface area (Å²) < 4.78 is 27.7. The number of benzene rings is 1. The van der Waals surface area contributed by atoms with Crippen LogP contribution in [0, 0.1) is 0 Å². The number of likely N-dealkylation sites (tertiary alicyclic amines) is 1. The number of nitrogens with zero attached hydrogens (tertiary/aromatic N) is 3. The fraction of sp³-hybridized carbons (Fsp3) is 0.438. The van der Waals surface area contributed by atoms with Gasteiger partial charge >= 0.3 is 0 Å². The standard InChI is InChI=1S/C16H18ClN3O2S/c17-16-14-5-2-1-4-13(14)15(10-18-16)23(21,22)20-9-6-12(11-20)19-7-3-8-19/h1-2,4-5,10,12H,3,6-9,11H2/t12-/m1/s1. The van der Waals surface area contributed by atoms with Crippen LogP contribution in [0.4, 0.5) is 0 Å². The van der Waals surface area contributed by atoms with E-state index in [4.69, 9.17) is 11.6 Å². The summed E-state index contributed by atoms with van der Waals surface area (Å²) in [4.78, 5) is 6.70. The van der Waals surface area contributed by atoms with E-state index in [0.29, 0.717) is 35.1 Å². The molecule has 2 fully saturated rings. The summed E-state index contributed by atoms with van der Waals surface area (Å²) in [6.45, 7) is 3.31. The fourth-order valence-electron chi connectivity index (χ4n) is 3.41. The van der Waals surface area contributed by atoms with E-state index in [1.165, 1.54) is 12.6 Å². The molecular formula is C16H18ClN3O2S. The lowest BCUT2D eigenvalue weighted by molar-refractivity contribution is 0.125. The Balaban J connectivity index is 1.71. The van der Waals surface area contributed by atoms with Crippen molar-refractivity contribution in [2.45, 2.75) is 23.8 Å². The van der Waals surface area contributed by atoms with E-state index in [1.807, 2.05) is 12.1 Å². The van der Waals surface area contributed by atoms with Crippen molar-refractivity contribution in [3.63, 3.8) is 0 Å². The van der Waals surface area contributed by atoms with Crippen molar-refractivity contribution in [1.29, 1.82) is 0 Å². The molecule has 0 spiro atoms. The van der Waals surface area contributed by atoms with Gasteiger partial charge in [0.2, 0.25) is 10.0 Å². The average molecular weight is 352 g/mol. The summed E-state index contributed by atoms with van der Waals surface area (Å²) in [5, 5.41) is 1.65. The minimum absolute atomic E-state index is 0.252. The number of halogens is 1. The van der Waals surface area contributed by atoms with Crippen molar-refractivity contribution in [3.05, 3.63) is 35.6 Å². The van der Waals surface area contributed by atoms with Crippen molar-refractivity contribution in [2.24, 2.45) is 0 Å². The van der Waals surface area contributed by atoms with Crippen LogP contribution in [0.2, 0.25) is 5.15 Å². The topological polar surface area (TPSA) is 53.5 Å². The Morgan fingerprint density at radius 3 is 2.57 bits per heavy atom. The molecule has 1 aromatic carbocycles. The quantitative estimate of drug-likeness (QED) is 0.797. The molecule has 1 atom stereocenters. The number of rotatable bonds is 3. The SMILES string of the molecule is O=S(=O)(c1cnc(Cl)c2ccccc12)N1CC[C@@H](N2CCC2)C1. The van der Waals surface area contributed by atoms with Gasteiger partial charge in [-0.15, -0.1) is 0 Å². The largest absolute Gasteiger partial charge is 0.299 e. The average Bonchev–Trinajstić information content (AvgIpc) is 2.96. The maximum atomic E-state index is 13.1. The molecule has 2 saturated heterocycles. The number of pyridine rings is 1. The predicted octanol–water partition coefficient (Wildman–Crippen LogP) is 2.36. The highest BCUT2D eigenvalue weighted by Gasteiger charge is 2.37. The smallest absolute Gasteiger partial charge is 0.245 e. The van der Waals surface area contributed by atoms with E-state index in [-0.39, 0.29) is 4.90 Å². The summed E-state index contributed by atoms with van der Waals surface area (Å²) in [5.41, 5.74) is 0. The monoisotopic (exact) mass is 351 g/mol. The van der Waals surface area contributed by atoms with Crippen LogP contribution in [0.3, 0.4) is 0 Å². The van der Waals surface area contributed by atoms with Gasteiger partial charge in [-0.3, -0.25) is 4.90 Å². The Morgan fingerprint density at radius 1 is 1.13 bits per heavy atom. The molecule has 23 heavy (non-hydrogen) atoms. The molecule has 0 amide bonds. The van der Waals surface area contributed by atoms with Crippen LogP contribution in [-0.4, -0.2) is 54.8 Å². The first-order valence-corrected chi connectivity index (χ1v) is 9.66. The lowest BCUT2D eigenvalue weighted by atomic mass is 10.1. The summed E-state index contributed by atoms with van der Waals surface area (Å²) >= 11 is 6.10. The van der Waals surface area contributed by atoms with Gasteiger partial charge in [-0.05, 0) is 25.9 Å². The van der Waals surface area contributed by atoms with Crippen LogP contribution >= 0.6 is 11.6 Å². The second kappa shape index (κ2) is 5.70. The molecule has 7 heteroatoms. The van der Waals surface area contributed by atoms with Gasteiger partial charge in [0.15, 0.2) is 0 Å². The molecule has 0 bridgehead atoms.